The van der Waals surface area contributed by atoms with Gasteiger partial charge in [-0.05, 0) is 55.0 Å². The summed E-state index contributed by atoms with van der Waals surface area (Å²) in [5.41, 5.74) is 2.66. The molecular formula is C29H30FN7O4. The number of amides is 1. The zero-order valence-electron chi connectivity index (χ0n) is 22.5. The molecule has 3 aromatic heterocycles. The van der Waals surface area contributed by atoms with E-state index in [4.69, 9.17) is 24.2 Å². The first-order valence-electron chi connectivity index (χ1n) is 13.4. The van der Waals surface area contributed by atoms with Crippen LogP contribution in [0.5, 0.6) is 0 Å². The van der Waals surface area contributed by atoms with Crippen molar-refractivity contribution in [3.63, 3.8) is 0 Å². The number of hydrogen-bond donors (Lipinski definition) is 2. The second kappa shape index (κ2) is 11.7. The molecule has 0 unspecified atom stereocenters. The summed E-state index contributed by atoms with van der Waals surface area (Å²) in [6, 6.07) is 11.7. The van der Waals surface area contributed by atoms with E-state index >= 15 is 0 Å². The van der Waals surface area contributed by atoms with E-state index < -0.39 is 11.7 Å². The Morgan fingerprint density at radius 3 is 2.51 bits per heavy atom. The van der Waals surface area contributed by atoms with Gasteiger partial charge in [0.1, 0.15) is 5.82 Å². The summed E-state index contributed by atoms with van der Waals surface area (Å²) in [5.74, 6) is 0.492. The van der Waals surface area contributed by atoms with Crippen LogP contribution in [-0.2, 0) is 25.5 Å². The van der Waals surface area contributed by atoms with Crippen molar-refractivity contribution in [2.45, 2.75) is 19.8 Å². The van der Waals surface area contributed by atoms with Crippen LogP contribution < -0.4 is 5.32 Å². The molecule has 0 spiro atoms. The first-order valence-corrected chi connectivity index (χ1v) is 13.4. The summed E-state index contributed by atoms with van der Waals surface area (Å²) in [7, 11) is 0. The molecule has 5 heterocycles. The van der Waals surface area contributed by atoms with Gasteiger partial charge in [-0.15, -0.1) is 0 Å². The molecular weight excluding hydrogens is 529 g/mol. The van der Waals surface area contributed by atoms with Crippen LogP contribution in [0.15, 0.2) is 61.1 Å². The number of carbonyl (C=O) groups is 1. The SMILES string of the molecule is CC1(C(=O)N2CCOCC2)COC(c2nc(-c3ccc(F)cc3)c(-c3ccnc(NCc4ccncc4)n3)[nH]2)OC1. The van der Waals surface area contributed by atoms with Crippen LogP contribution in [0.25, 0.3) is 22.6 Å². The molecule has 1 amide bonds. The molecule has 212 valence electrons. The van der Waals surface area contributed by atoms with Gasteiger partial charge < -0.3 is 29.4 Å². The molecule has 2 aliphatic rings. The van der Waals surface area contributed by atoms with E-state index in [0.717, 1.165) is 5.56 Å². The predicted molar refractivity (Wildman–Crippen MR) is 147 cm³/mol. The van der Waals surface area contributed by atoms with Gasteiger partial charge in [0, 0.05) is 43.8 Å². The molecule has 0 aliphatic carbocycles. The predicted octanol–water partition coefficient (Wildman–Crippen LogP) is 3.59. The topological polar surface area (TPSA) is 127 Å². The lowest BCUT2D eigenvalue weighted by Crippen LogP contribution is -2.53. The quantitative estimate of drug-likeness (QED) is 0.349. The molecule has 2 N–H and O–H groups in total. The van der Waals surface area contributed by atoms with Crippen molar-refractivity contribution in [2.75, 3.05) is 44.8 Å². The van der Waals surface area contributed by atoms with Crippen molar-refractivity contribution in [1.29, 1.82) is 0 Å². The lowest BCUT2D eigenvalue weighted by atomic mass is 9.90. The Balaban J connectivity index is 1.25. The largest absolute Gasteiger partial charge is 0.378 e. The Bertz CT molecular complexity index is 1480. The van der Waals surface area contributed by atoms with E-state index in [2.05, 4.69) is 20.3 Å². The molecule has 11 nitrogen and oxygen atoms in total. The number of nitrogens with one attached hydrogen (secondary N) is 2. The smallest absolute Gasteiger partial charge is 0.233 e. The summed E-state index contributed by atoms with van der Waals surface area (Å²) in [4.78, 5) is 36.2. The Hall–Kier alpha value is -4.26. The average molecular weight is 560 g/mol. The van der Waals surface area contributed by atoms with Crippen LogP contribution in [0.3, 0.4) is 0 Å². The zero-order chi connectivity index (χ0) is 28.2. The maximum Gasteiger partial charge on any atom is 0.233 e. The number of imidazole rings is 1. The van der Waals surface area contributed by atoms with E-state index in [1.54, 1.807) is 41.7 Å². The molecule has 2 aliphatic heterocycles. The van der Waals surface area contributed by atoms with Crippen LogP contribution in [-0.4, -0.2) is 75.2 Å². The van der Waals surface area contributed by atoms with Crippen LogP contribution in [0, 0.1) is 11.2 Å². The van der Waals surface area contributed by atoms with Gasteiger partial charge in [0.15, 0.2) is 5.82 Å². The highest BCUT2D eigenvalue weighted by Gasteiger charge is 2.43. The second-order valence-corrected chi connectivity index (χ2v) is 10.2. The number of rotatable bonds is 7. The van der Waals surface area contributed by atoms with Gasteiger partial charge >= 0.3 is 0 Å². The number of anilines is 1. The maximum atomic E-state index is 13.7. The highest BCUT2D eigenvalue weighted by atomic mass is 19.1. The standard InChI is InChI=1S/C29H30FN7O4/c1-29(27(38)37-12-14-39-15-13-37)17-40-26(41-18-29)25-35-23(20-2-4-21(30)5-3-20)24(36-25)22-8-11-32-28(34-22)33-16-19-6-9-31-10-7-19/h2-11,26H,12-18H2,1H3,(H,35,36)(H,32,33,34). The monoisotopic (exact) mass is 559 g/mol. The highest BCUT2D eigenvalue weighted by molar-refractivity contribution is 5.83. The van der Waals surface area contributed by atoms with Gasteiger partial charge in [-0.2, -0.15) is 0 Å². The molecule has 6 rings (SSSR count). The van der Waals surface area contributed by atoms with Crippen molar-refractivity contribution in [1.82, 2.24) is 29.8 Å². The van der Waals surface area contributed by atoms with Crippen LogP contribution in [0.4, 0.5) is 10.3 Å². The zero-order valence-corrected chi connectivity index (χ0v) is 22.5. The molecule has 4 aromatic rings. The summed E-state index contributed by atoms with van der Waals surface area (Å²) < 4.78 is 31.2. The minimum absolute atomic E-state index is 0.0147. The minimum atomic E-state index is -0.820. The Morgan fingerprint density at radius 1 is 1.05 bits per heavy atom. The molecule has 0 bridgehead atoms. The van der Waals surface area contributed by atoms with Crippen molar-refractivity contribution in [3.8, 4) is 22.6 Å². The minimum Gasteiger partial charge on any atom is -0.378 e. The first-order chi connectivity index (χ1) is 20.0. The van der Waals surface area contributed by atoms with E-state index in [0.29, 0.717) is 67.3 Å². The third-order valence-corrected chi connectivity index (χ3v) is 7.10. The number of halogens is 1. The molecule has 2 saturated heterocycles. The number of nitrogens with zero attached hydrogens (tertiary/aromatic N) is 5. The molecule has 2 fully saturated rings. The molecule has 12 heteroatoms. The number of ether oxygens (including phenoxy) is 3. The number of H-pyrrole nitrogens is 1. The van der Waals surface area contributed by atoms with Crippen molar-refractivity contribution in [2.24, 2.45) is 5.41 Å². The van der Waals surface area contributed by atoms with Gasteiger partial charge in [-0.1, -0.05) is 0 Å². The number of aromatic nitrogens is 5. The van der Waals surface area contributed by atoms with E-state index in [1.807, 2.05) is 19.1 Å². The van der Waals surface area contributed by atoms with Crippen molar-refractivity contribution >= 4 is 11.9 Å². The summed E-state index contributed by atoms with van der Waals surface area (Å²) in [6.07, 6.45) is 4.29. The first kappa shape index (κ1) is 26.9. The summed E-state index contributed by atoms with van der Waals surface area (Å²) >= 11 is 0. The lowest BCUT2D eigenvalue weighted by Gasteiger charge is -2.39. The molecule has 0 atom stereocenters. The van der Waals surface area contributed by atoms with Gasteiger partial charge in [0.2, 0.25) is 18.1 Å². The summed E-state index contributed by atoms with van der Waals surface area (Å²) in [5, 5.41) is 3.23. The molecule has 41 heavy (non-hydrogen) atoms. The van der Waals surface area contributed by atoms with Gasteiger partial charge in [-0.25, -0.2) is 19.3 Å². The summed E-state index contributed by atoms with van der Waals surface area (Å²) in [6.45, 7) is 4.88. The maximum absolute atomic E-state index is 13.7. The Morgan fingerprint density at radius 2 is 1.78 bits per heavy atom. The molecule has 0 radical (unpaired) electrons. The van der Waals surface area contributed by atoms with Gasteiger partial charge in [0.25, 0.3) is 0 Å². The fraction of sp³-hybridized carbons (Fsp3) is 0.345. The number of aromatic amines is 1. The number of benzene rings is 1. The number of hydrogen-bond acceptors (Lipinski definition) is 9. The number of morpholine rings is 1. The van der Waals surface area contributed by atoms with E-state index in [9.17, 15) is 9.18 Å². The van der Waals surface area contributed by atoms with Crippen molar-refractivity contribution in [3.05, 3.63) is 78.3 Å². The highest BCUT2D eigenvalue weighted by Crippen LogP contribution is 2.36. The molecule has 1 aromatic carbocycles. The Kier molecular flexibility index (Phi) is 7.68. The normalized spacial score (nSPS) is 21.0. The van der Waals surface area contributed by atoms with Crippen molar-refractivity contribution < 1.29 is 23.4 Å². The third kappa shape index (κ3) is 5.94. The third-order valence-electron chi connectivity index (χ3n) is 7.10. The van der Waals surface area contributed by atoms with Gasteiger partial charge in [0.05, 0.1) is 48.9 Å². The lowest BCUT2D eigenvalue weighted by molar-refractivity contribution is -0.235. The van der Waals surface area contributed by atoms with Gasteiger partial charge in [-0.3, -0.25) is 9.78 Å². The fourth-order valence-electron chi connectivity index (χ4n) is 4.81. The van der Waals surface area contributed by atoms with Crippen LogP contribution in [0.2, 0.25) is 0 Å². The average Bonchev–Trinajstić information content (AvgIpc) is 3.47. The molecule has 0 saturated carbocycles. The number of pyridine rings is 1. The van der Waals surface area contributed by atoms with Crippen LogP contribution >= 0.6 is 0 Å². The second-order valence-electron chi connectivity index (χ2n) is 10.2. The number of carbonyl (C=O) groups excluding carboxylic acids is 1. The van der Waals surface area contributed by atoms with Crippen LogP contribution in [0.1, 0.15) is 24.6 Å². The van der Waals surface area contributed by atoms with E-state index in [-0.39, 0.29) is 24.9 Å². The Labute approximate surface area is 236 Å². The van der Waals surface area contributed by atoms with E-state index in [1.165, 1.54) is 12.1 Å². The fourth-order valence-corrected chi connectivity index (χ4v) is 4.81.